The standard InChI is InChI=1S/C11H15N.H2/c1-4-9-5-6-10(8(2)3)7-11(9)12;/h4-8H,1,12H2,2-3H3;1H. The van der Waals surface area contributed by atoms with Gasteiger partial charge in [-0.2, -0.15) is 0 Å². The monoisotopic (exact) mass is 163 g/mol. The van der Waals surface area contributed by atoms with Crippen LogP contribution >= 0.6 is 0 Å². The Kier molecular flexibility index (Phi) is 2.54. The van der Waals surface area contributed by atoms with E-state index in [1.54, 1.807) is 6.08 Å². The van der Waals surface area contributed by atoms with E-state index < -0.39 is 0 Å². The fourth-order valence-corrected chi connectivity index (χ4v) is 1.14. The van der Waals surface area contributed by atoms with Crippen LogP contribution in [0, 0.1) is 0 Å². The van der Waals surface area contributed by atoms with Gasteiger partial charge in [-0.25, -0.2) is 0 Å². The fraction of sp³-hybridized carbons (Fsp3) is 0.273. The zero-order valence-electron chi connectivity index (χ0n) is 7.67. The van der Waals surface area contributed by atoms with Crippen LogP contribution in [0.25, 0.3) is 6.08 Å². The molecule has 0 radical (unpaired) electrons. The molecule has 66 valence electrons. The molecule has 0 aromatic heterocycles. The lowest BCUT2D eigenvalue weighted by Crippen LogP contribution is -1.93. The lowest BCUT2D eigenvalue weighted by Gasteiger charge is -2.07. The average molecular weight is 163 g/mol. The van der Waals surface area contributed by atoms with Gasteiger partial charge in [-0.05, 0) is 23.1 Å². The van der Waals surface area contributed by atoms with Gasteiger partial charge in [0.2, 0.25) is 0 Å². The van der Waals surface area contributed by atoms with Crippen molar-refractivity contribution >= 4 is 11.8 Å². The highest BCUT2D eigenvalue weighted by Gasteiger charge is 2.00. The van der Waals surface area contributed by atoms with Crippen molar-refractivity contribution in [3.05, 3.63) is 35.9 Å². The number of rotatable bonds is 2. The van der Waals surface area contributed by atoms with Gasteiger partial charge in [0.1, 0.15) is 0 Å². The summed E-state index contributed by atoms with van der Waals surface area (Å²) in [5.41, 5.74) is 8.90. The summed E-state index contributed by atoms with van der Waals surface area (Å²) in [6, 6.07) is 6.12. The second-order valence-corrected chi connectivity index (χ2v) is 3.25. The molecular formula is C11H17N. The van der Waals surface area contributed by atoms with Crippen LogP contribution in [0.2, 0.25) is 0 Å². The molecule has 1 rings (SSSR count). The van der Waals surface area contributed by atoms with Crippen molar-refractivity contribution in [1.82, 2.24) is 0 Å². The molecule has 1 nitrogen and oxygen atoms in total. The van der Waals surface area contributed by atoms with Crippen molar-refractivity contribution in [2.45, 2.75) is 19.8 Å². The second kappa shape index (κ2) is 3.44. The maximum atomic E-state index is 5.80. The Morgan fingerprint density at radius 2 is 2.17 bits per heavy atom. The van der Waals surface area contributed by atoms with Gasteiger partial charge >= 0.3 is 0 Å². The minimum absolute atomic E-state index is 0. The molecule has 1 heteroatoms. The molecular weight excluding hydrogens is 146 g/mol. The normalized spacial score (nSPS) is 10.2. The molecule has 0 spiro atoms. The number of hydrogen-bond donors (Lipinski definition) is 1. The number of hydrogen-bond acceptors (Lipinski definition) is 1. The van der Waals surface area contributed by atoms with Crippen LogP contribution in [0.15, 0.2) is 24.8 Å². The van der Waals surface area contributed by atoms with Gasteiger partial charge in [0, 0.05) is 7.11 Å². The van der Waals surface area contributed by atoms with Gasteiger partial charge in [0.25, 0.3) is 0 Å². The lowest BCUT2D eigenvalue weighted by molar-refractivity contribution is 0.867. The van der Waals surface area contributed by atoms with Gasteiger partial charge in [-0.15, -0.1) is 0 Å². The van der Waals surface area contributed by atoms with Gasteiger partial charge in [0.05, 0.1) is 0 Å². The predicted molar refractivity (Wildman–Crippen MR) is 57.1 cm³/mol. The molecule has 0 saturated heterocycles. The van der Waals surface area contributed by atoms with Crippen molar-refractivity contribution in [3.8, 4) is 0 Å². The van der Waals surface area contributed by atoms with E-state index in [0.717, 1.165) is 11.3 Å². The third-order valence-electron chi connectivity index (χ3n) is 2.00. The molecule has 0 heterocycles. The van der Waals surface area contributed by atoms with Crippen molar-refractivity contribution in [2.24, 2.45) is 0 Å². The fourth-order valence-electron chi connectivity index (χ4n) is 1.14. The summed E-state index contributed by atoms with van der Waals surface area (Å²) < 4.78 is 0. The van der Waals surface area contributed by atoms with Crippen molar-refractivity contribution < 1.29 is 1.43 Å². The van der Waals surface area contributed by atoms with Crippen LogP contribution in [0.1, 0.15) is 32.3 Å². The lowest BCUT2D eigenvalue weighted by atomic mass is 10.0. The maximum Gasteiger partial charge on any atom is 0.0390 e. The summed E-state index contributed by atoms with van der Waals surface area (Å²) in [7, 11) is 0. The van der Waals surface area contributed by atoms with E-state index in [4.69, 9.17) is 5.73 Å². The summed E-state index contributed by atoms with van der Waals surface area (Å²) in [6.07, 6.45) is 1.78. The first-order valence-electron chi connectivity index (χ1n) is 4.17. The Morgan fingerprint density at radius 1 is 1.50 bits per heavy atom. The largest absolute Gasteiger partial charge is 0.398 e. The molecule has 1 aromatic carbocycles. The molecule has 0 fully saturated rings. The zero-order valence-corrected chi connectivity index (χ0v) is 7.67. The maximum absolute atomic E-state index is 5.80. The minimum Gasteiger partial charge on any atom is -0.398 e. The van der Waals surface area contributed by atoms with Crippen molar-refractivity contribution in [1.29, 1.82) is 0 Å². The van der Waals surface area contributed by atoms with E-state index in [1.807, 2.05) is 12.1 Å². The van der Waals surface area contributed by atoms with Gasteiger partial charge in [-0.1, -0.05) is 38.6 Å². The van der Waals surface area contributed by atoms with E-state index in [1.165, 1.54) is 5.56 Å². The van der Waals surface area contributed by atoms with Gasteiger partial charge < -0.3 is 5.73 Å². The van der Waals surface area contributed by atoms with Crippen molar-refractivity contribution in [2.75, 3.05) is 5.73 Å². The van der Waals surface area contributed by atoms with Crippen molar-refractivity contribution in [3.63, 3.8) is 0 Å². The Labute approximate surface area is 75.4 Å². The first-order chi connectivity index (χ1) is 5.65. The topological polar surface area (TPSA) is 26.0 Å². The molecule has 0 amide bonds. The molecule has 1 aromatic rings. The molecule has 0 unspecified atom stereocenters. The van der Waals surface area contributed by atoms with E-state index >= 15 is 0 Å². The van der Waals surface area contributed by atoms with Crippen LogP contribution in [0.3, 0.4) is 0 Å². The number of anilines is 1. The molecule has 0 bridgehead atoms. The Balaban J connectivity index is 0.00000144. The quantitative estimate of drug-likeness (QED) is 0.665. The predicted octanol–water partition coefficient (Wildman–Crippen LogP) is 3.28. The molecule has 0 atom stereocenters. The zero-order chi connectivity index (χ0) is 9.14. The number of nitrogens with two attached hydrogens (primary N) is 1. The summed E-state index contributed by atoms with van der Waals surface area (Å²) in [5, 5.41) is 0. The Bertz CT molecular complexity index is 292. The van der Waals surface area contributed by atoms with E-state index in [-0.39, 0.29) is 1.43 Å². The summed E-state index contributed by atoms with van der Waals surface area (Å²) >= 11 is 0. The summed E-state index contributed by atoms with van der Waals surface area (Å²) in [4.78, 5) is 0. The summed E-state index contributed by atoms with van der Waals surface area (Å²) in [6.45, 7) is 8.00. The van der Waals surface area contributed by atoms with E-state index in [2.05, 4.69) is 26.5 Å². The highest BCUT2D eigenvalue weighted by molar-refractivity contribution is 5.64. The SMILES string of the molecule is C=Cc1ccc(C(C)C)cc1N.[HH]. The smallest absolute Gasteiger partial charge is 0.0390 e. The third-order valence-corrected chi connectivity index (χ3v) is 2.00. The van der Waals surface area contributed by atoms with Crippen LogP contribution in [0.4, 0.5) is 5.69 Å². The first-order valence-corrected chi connectivity index (χ1v) is 4.17. The highest BCUT2D eigenvalue weighted by atomic mass is 14.6. The Morgan fingerprint density at radius 3 is 2.58 bits per heavy atom. The summed E-state index contributed by atoms with van der Waals surface area (Å²) in [5.74, 6) is 0.533. The molecule has 0 saturated carbocycles. The molecule has 12 heavy (non-hydrogen) atoms. The first kappa shape index (κ1) is 8.85. The van der Waals surface area contributed by atoms with Gasteiger partial charge in [0.15, 0.2) is 0 Å². The van der Waals surface area contributed by atoms with Crippen LogP contribution in [-0.4, -0.2) is 0 Å². The third kappa shape index (κ3) is 1.67. The highest BCUT2D eigenvalue weighted by Crippen LogP contribution is 2.20. The van der Waals surface area contributed by atoms with Crippen LogP contribution in [0.5, 0.6) is 0 Å². The molecule has 0 aliphatic rings. The second-order valence-electron chi connectivity index (χ2n) is 3.25. The van der Waals surface area contributed by atoms with E-state index in [0.29, 0.717) is 5.92 Å². The van der Waals surface area contributed by atoms with Crippen LogP contribution in [-0.2, 0) is 0 Å². The minimum atomic E-state index is 0. The molecule has 2 N–H and O–H groups in total. The number of nitrogen functional groups attached to an aromatic ring is 1. The molecule has 0 aliphatic carbocycles. The van der Waals surface area contributed by atoms with Gasteiger partial charge in [-0.3, -0.25) is 0 Å². The van der Waals surface area contributed by atoms with Crippen LogP contribution < -0.4 is 5.73 Å². The average Bonchev–Trinajstić information content (AvgIpc) is 2.04. The van der Waals surface area contributed by atoms with E-state index in [9.17, 15) is 0 Å². The Hall–Kier alpha value is -1.24. The molecule has 0 aliphatic heterocycles. The number of benzene rings is 1.